The second-order valence-electron chi connectivity index (χ2n) is 7.41. The van der Waals surface area contributed by atoms with E-state index in [0.717, 1.165) is 27.4 Å². The fourth-order valence-electron chi connectivity index (χ4n) is 3.47. The largest absolute Gasteiger partial charge is 0.493 e. The molecule has 1 unspecified atom stereocenters. The lowest BCUT2D eigenvalue weighted by Crippen LogP contribution is -2.26. The van der Waals surface area contributed by atoms with Crippen LogP contribution in [-0.2, 0) is 0 Å². The molecule has 1 amide bonds. The van der Waals surface area contributed by atoms with Crippen LogP contribution in [0.4, 0.5) is 0 Å². The van der Waals surface area contributed by atoms with E-state index in [0.29, 0.717) is 22.1 Å². The number of rotatable bonds is 7. The third-order valence-electron chi connectivity index (χ3n) is 5.15. The average Bonchev–Trinajstić information content (AvgIpc) is 3.13. The van der Waals surface area contributed by atoms with Gasteiger partial charge in [-0.3, -0.25) is 4.79 Å². The number of carbonyl (C=O) groups excluding carboxylic acids is 1. The molecule has 0 bridgehead atoms. The third kappa shape index (κ3) is 4.66. The summed E-state index contributed by atoms with van der Waals surface area (Å²) in [5.74, 6) is 1.45. The predicted octanol–water partition coefficient (Wildman–Crippen LogP) is 5.25. The molecule has 0 aliphatic heterocycles. The van der Waals surface area contributed by atoms with E-state index in [2.05, 4.69) is 42.3 Å². The average molecular weight is 441 g/mol. The van der Waals surface area contributed by atoms with Crippen molar-refractivity contribution < 1.29 is 19.0 Å². The van der Waals surface area contributed by atoms with Crippen molar-refractivity contribution in [1.29, 1.82) is 0 Å². The maximum atomic E-state index is 13.0. The highest BCUT2D eigenvalue weighted by Gasteiger charge is 2.21. The number of hydrogen-bond acceptors (Lipinski definition) is 6. The van der Waals surface area contributed by atoms with Crippen molar-refractivity contribution >= 4 is 17.2 Å². The van der Waals surface area contributed by atoms with Gasteiger partial charge in [-0.1, -0.05) is 23.8 Å². The first-order valence-corrected chi connectivity index (χ1v) is 10.8. The van der Waals surface area contributed by atoms with E-state index >= 15 is 0 Å². The van der Waals surface area contributed by atoms with Gasteiger partial charge < -0.3 is 19.5 Å². The molecule has 0 spiro atoms. The Hall–Kier alpha value is -3.06. The molecule has 0 fully saturated rings. The normalized spacial score (nSPS) is 11.7. The SMILES string of the molecule is COc1cc(C(C)NC(=O)c2sc(-c3ccc(C)cc3C)nc2C)cc(OC)c1OC. The first-order chi connectivity index (χ1) is 14.8. The number of ether oxygens (including phenoxy) is 3. The second-order valence-corrected chi connectivity index (χ2v) is 8.40. The highest BCUT2D eigenvalue weighted by atomic mass is 32.1. The van der Waals surface area contributed by atoms with E-state index in [1.807, 2.05) is 26.0 Å². The minimum Gasteiger partial charge on any atom is -0.493 e. The van der Waals surface area contributed by atoms with E-state index in [4.69, 9.17) is 14.2 Å². The topological polar surface area (TPSA) is 69.7 Å². The number of thiazole rings is 1. The molecule has 1 N–H and O–H groups in total. The molecule has 3 rings (SSSR count). The first-order valence-electron chi connectivity index (χ1n) is 9.94. The zero-order valence-electron chi connectivity index (χ0n) is 19.0. The van der Waals surface area contributed by atoms with E-state index in [1.54, 1.807) is 21.3 Å². The summed E-state index contributed by atoms with van der Waals surface area (Å²) in [6.45, 7) is 7.90. The summed E-state index contributed by atoms with van der Waals surface area (Å²) < 4.78 is 16.2. The summed E-state index contributed by atoms with van der Waals surface area (Å²) in [6, 6.07) is 9.65. The van der Waals surface area contributed by atoms with Crippen molar-refractivity contribution in [2.24, 2.45) is 0 Å². The molecule has 0 aliphatic carbocycles. The van der Waals surface area contributed by atoms with Crippen LogP contribution >= 0.6 is 11.3 Å². The number of amides is 1. The minimum atomic E-state index is -0.271. The molecule has 2 aromatic carbocycles. The number of nitrogens with one attached hydrogen (secondary N) is 1. The van der Waals surface area contributed by atoms with Crippen LogP contribution in [0.3, 0.4) is 0 Å². The van der Waals surface area contributed by atoms with Crippen LogP contribution in [0.25, 0.3) is 10.6 Å². The number of carbonyl (C=O) groups is 1. The predicted molar refractivity (Wildman–Crippen MR) is 124 cm³/mol. The number of benzene rings is 2. The van der Waals surface area contributed by atoms with E-state index in [9.17, 15) is 4.79 Å². The highest BCUT2D eigenvalue weighted by molar-refractivity contribution is 7.17. The maximum absolute atomic E-state index is 13.0. The quantitative estimate of drug-likeness (QED) is 0.543. The molecular weight excluding hydrogens is 412 g/mol. The molecule has 1 aromatic heterocycles. The molecule has 0 saturated carbocycles. The lowest BCUT2D eigenvalue weighted by Gasteiger charge is -2.18. The fourth-order valence-corrected chi connectivity index (χ4v) is 4.53. The van der Waals surface area contributed by atoms with Crippen LogP contribution in [0.2, 0.25) is 0 Å². The van der Waals surface area contributed by atoms with E-state index in [1.165, 1.54) is 16.9 Å². The van der Waals surface area contributed by atoms with Gasteiger partial charge in [0.15, 0.2) is 11.5 Å². The van der Waals surface area contributed by atoms with Crippen molar-refractivity contribution in [2.45, 2.75) is 33.7 Å². The number of methoxy groups -OCH3 is 3. The van der Waals surface area contributed by atoms with Crippen LogP contribution in [0.15, 0.2) is 30.3 Å². The fraction of sp³-hybridized carbons (Fsp3) is 0.333. The third-order valence-corrected chi connectivity index (χ3v) is 6.34. The van der Waals surface area contributed by atoms with Crippen molar-refractivity contribution in [1.82, 2.24) is 10.3 Å². The standard InChI is InChI=1S/C24H28N2O4S/c1-13-8-9-18(14(2)10-13)24-26-16(4)22(31-24)23(27)25-15(3)17-11-19(28-5)21(30-7)20(12-17)29-6/h8-12,15H,1-7H3,(H,25,27). The Balaban J connectivity index is 1.86. The number of nitrogens with zero attached hydrogens (tertiary/aromatic N) is 1. The Morgan fingerprint density at radius 1 is 1.00 bits per heavy atom. The summed E-state index contributed by atoms with van der Waals surface area (Å²) in [6.07, 6.45) is 0. The molecule has 6 nitrogen and oxygen atoms in total. The molecule has 0 aliphatic rings. The highest BCUT2D eigenvalue weighted by Crippen LogP contribution is 2.40. The minimum absolute atomic E-state index is 0.160. The van der Waals surface area contributed by atoms with Crippen LogP contribution in [0.1, 0.15) is 45.0 Å². The van der Waals surface area contributed by atoms with Crippen molar-refractivity contribution in [2.75, 3.05) is 21.3 Å². The lowest BCUT2D eigenvalue weighted by atomic mass is 10.1. The molecule has 0 saturated heterocycles. The van der Waals surface area contributed by atoms with Crippen molar-refractivity contribution in [3.05, 3.63) is 57.6 Å². The molecule has 7 heteroatoms. The molecule has 1 heterocycles. The first kappa shape index (κ1) is 22.6. The van der Waals surface area contributed by atoms with Gasteiger partial charge in [-0.15, -0.1) is 11.3 Å². The van der Waals surface area contributed by atoms with Gasteiger partial charge in [0, 0.05) is 5.56 Å². The van der Waals surface area contributed by atoms with Crippen LogP contribution in [-0.4, -0.2) is 32.2 Å². The number of aromatic nitrogens is 1. The number of hydrogen-bond donors (Lipinski definition) is 1. The Bertz CT molecular complexity index is 1080. The summed E-state index contributed by atoms with van der Waals surface area (Å²) in [5.41, 5.74) is 4.96. The molecule has 1 atom stereocenters. The van der Waals surface area contributed by atoms with Gasteiger partial charge in [0.2, 0.25) is 5.75 Å². The van der Waals surface area contributed by atoms with Gasteiger partial charge in [-0.2, -0.15) is 0 Å². The number of aryl methyl sites for hydroxylation is 3. The zero-order valence-corrected chi connectivity index (χ0v) is 19.8. The van der Waals surface area contributed by atoms with E-state index < -0.39 is 0 Å². The Kier molecular flexibility index (Phi) is 6.85. The molecule has 164 valence electrons. The zero-order chi connectivity index (χ0) is 22.7. The van der Waals surface area contributed by atoms with Gasteiger partial charge in [0.1, 0.15) is 9.88 Å². The van der Waals surface area contributed by atoms with Gasteiger partial charge in [0.05, 0.1) is 33.1 Å². The van der Waals surface area contributed by atoms with Crippen LogP contribution in [0.5, 0.6) is 17.2 Å². The van der Waals surface area contributed by atoms with Crippen molar-refractivity contribution in [3.8, 4) is 27.8 Å². The smallest absolute Gasteiger partial charge is 0.263 e. The Morgan fingerprint density at radius 2 is 1.65 bits per heavy atom. The van der Waals surface area contributed by atoms with Gasteiger partial charge in [-0.25, -0.2) is 4.98 Å². The van der Waals surface area contributed by atoms with Gasteiger partial charge in [0.25, 0.3) is 5.91 Å². The summed E-state index contributed by atoms with van der Waals surface area (Å²) in [7, 11) is 4.70. The van der Waals surface area contributed by atoms with Crippen LogP contribution in [0, 0.1) is 20.8 Å². The molecular formula is C24H28N2O4S. The van der Waals surface area contributed by atoms with Gasteiger partial charge in [-0.05, 0) is 51.0 Å². The van der Waals surface area contributed by atoms with E-state index in [-0.39, 0.29) is 11.9 Å². The summed E-state index contributed by atoms with van der Waals surface area (Å²) in [4.78, 5) is 18.3. The Morgan fingerprint density at radius 3 is 2.19 bits per heavy atom. The van der Waals surface area contributed by atoms with Gasteiger partial charge >= 0.3 is 0 Å². The maximum Gasteiger partial charge on any atom is 0.263 e. The van der Waals surface area contributed by atoms with Crippen molar-refractivity contribution in [3.63, 3.8) is 0 Å². The molecule has 3 aromatic rings. The monoisotopic (exact) mass is 440 g/mol. The Labute approximate surface area is 187 Å². The molecule has 31 heavy (non-hydrogen) atoms. The second kappa shape index (κ2) is 9.39. The molecule has 0 radical (unpaired) electrons. The summed E-state index contributed by atoms with van der Waals surface area (Å²) >= 11 is 1.41. The summed E-state index contributed by atoms with van der Waals surface area (Å²) in [5, 5.41) is 3.91. The lowest BCUT2D eigenvalue weighted by molar-refractivity contribution is 0.0943. The van der Waals surface area contributed by atoms with Crippen LogP contribution < -0.4 is 19.5 Å².